The number of aromatic nitrogens is 3. The van der Waals surface area contributed by atoms with Gasteiger partial charge in [0.1, 0.15) is 11.3 Å². The van der Waals surface area contributed by atoms with E-state index < -0.39 is 17.3 Å². The zero-order valence-corrected chi connectivity index (χ0v) is 19.5. The first-order chi connectivity index (χ1) is 17.5. The van der Waals surface area contributed by atoms with Gasteiger partial charge in [-0.05, 0) is 48.4 Å². The van der Waals surface area contributed by atoms with Crippen molar-refractivity contribution in [3.63, 3.8) is 0 Å². The van der Waals surface area contributed by atoms with Crippen molar-refractivity contribution in [1.82, 2.24) is 24.3 Å². The molecule has 0 aliphatic carbocycles. The topological polar surface area (TPSA) is 88.4 Å². The summed E-state index contributed by atoms with van der Waals surface area (Å²) in [5.74, 6) is -1.09. The lowest BCUT2D eigenvalue weighted by Gasteiger charge is -2.34. The zero-order chi connectivity index (χ0) is 25.1. The van der Waals surface area contributed by atoms with Crippen LogP contribution in [0.25, 0.3) is 11.2 Å². The molecule has 1 aliphatic rings. The molecule has 2 aromatic heterocycles. The minimum absolute atomic E-state index is 0.151. The fourth-order valence-corrected chi connectivity index (χ4v) is 4.35. The molecule has 0 unspecified atom stereocenters. The molecule has 9 heteroatoms. The number of nitrogens with zero attached hydrogens (tertiary/aromatic N) is 5. The van der Waals surface area contributed by atoms with Crippen LogP contribution in [0, 0.1) is 5.82 Å². The van der Waals surface area contributed by atoms with E-state index in [1.807, 2.05) is 30.3 Å². The van der Waals surface area contributed by atoms with E-state index in [2.05, 4.69) is 9.97 Å². The number of carbonyl (C=O) groups is 2. The first kappa shape index (κ1) is 23.3. The van der Waals surface area contributed by atoms with Gasteiger partial charge in [0, 0.05) is 44.5 Å². The van der Waals surface area contributed by atoms with E-state index in [1.165, 1.54) is 28.8 Å². The predicted molar refractivity (Wildman–Crippen MR) is 132 cm³/mol. The van der Waals surface area contributed by atoms with Crippen molar-refractivity contribution < 1.29 is 14.0 Å². The van der Waals surface area contributed by atoms with Crippen molar-refractivity contribution in [2.24, 2.45) is 0 Å². The van der Waals surface area contributed by atoms with E-state index in [0.29, 0.717) is 42.8 Å². The highest BCUT2D eigenvalue weighted by molar-refractivity contribution is 5.95. The van der Waals surface area contributed by atoms with Crippen LogP contribution in [0.4, 0.5) is 4.39 Å². The molecule has 2 amide bonds. The number of hydrogen-bond donors (Lipinski definition) is 0. The Morgan fingerprint density at radius 2 is 1.50 bits per heavy atom. The molecule has 182 valence electrons. The van der Waals surface area contributed by atoms with Crippen LogP contribution in [0.3, 0.4) is 0 Å². The van der Waals surface area contributed by atoms with Crippen molar-refractivity contribution in [3.8, 4) is 0 Å². The Morgan fingerprint density at radius 3 is 2.19 bits per heavy atom. The summed E-state index contributed by atoms with van der Waals surface area (Å²) in [6.07, 6.45) is 2.20. The second kappa shape index (κ2) is 10.1. The summed E-state index contributed by atoms with van der Waals surface area (Å²) in [5, 5.41) is 0. The highest BCUT2D eigenvalue weighted by atomic mass is 19.1. The number of amides is 2. The maximum atomic E-state index is 13.4. The van der Waals surface area contributed by atoms with Crippen molar-refractivity contribution in [1.29, 1.82) is 0 Å². The third-order valence-electron chi connectivity index (χ3n) is 6.32. The summed E-state index contributed by atoms with van der Waals surface area (Å²) >= 11 is 0. The molecule has 1 fully saturated rings. The van der Waals surface area contributed by atoms with Gasteiger partial charge < -0.3 is 9.80 Å². The molecule has 1 saturated heterocycles. The normalized spacial score (nSPS) is 13.7. The zero-order valence-electron chi connectivity index (χ0n) is 19.5. The molecule has 4 aromatic rings. The van der Waals surface area contributed by atoms with Gasteiger partial charge in [0.25, 0.3) is 17.4 Å². The first-order valence-electron chi connectivity index (χ1n) is 11.7. The number of benzene rings is 2. The Labute approximate surface area is 206 Å². The highest BCUT2D eigenvalue weighted by Crippen LogP contribution is 2.14. The van der Waals surface area contributed by atoms with Gasteiger partial charge in [-0.2, -0.15) is 0 Å². The van der Waals surface area contributed by atoms with Crippen molar-refractivity contribution in [2.75, 3.05) is 26.2 Å². The van der Waals surface area contributed by atoms with E-state index in [1.54, 1.807) is 28.1 Å². The SMILES string of the molecule is O=C(c1ccc(F)cc1)N1CCN(C(=O)c2nc3cccnc3n(CCc3ccccc3)c2=O)CC1. The Morgan fingerprint density at radius 1 is 0.833 bits per heavy atom. The number of hydrogen-bond acceptors (Lipinski definition) is 5. The molecule has 36 heavy (non-hydrogen) atoms. The molecule has 0 bridgehead atoms. The second-order valence-electron chi connectivity index (χ2n) is 8.59. The minimum atomic E-state index is -0.480. The van der Waals surface area contributed by atoms with Gasteiger partial charge in [0.05, 0.1) is 0 Å². The largest absolute Gasteiger partial charge is 0.335 e. The summed E-state index contributed by atoms with van der Waals surface area (Å²) in [7, 11) is 0. The van der Waals surface area contributed by atoms with Crippen LogP contribution in [0.5, 0.6) is 0 Å². The number of pyridine rings is 1. The highest BCUT2D eigenvalue weighted by Gasteiger charge is 2.28. The van der Waals surface area contributed by atoms with Crippen LogP contribution >= 0.6 is 0 Å². The van der Waals surface area contributed by atoms with E-state index in [4.69, 9.17) is 0 Å². The molecule has 0 atom stereocenters. The van der Waals surface area contributed by atoms with Crippen molar-refractivity contribution >= 4 is 23.0 Å². The summed E-state index contributed by atoms with van der Waals surface area (Å²) in [6.45, 7) is 1.50. The molecular weight excluding hydrogens is 461 g/mol. The molecule has 1 aliphatic heterocycles. The molecule has 0 N–H and O–H groups in total. The van der Waals surface area contributed by atoms with Crippen LogP contribution in [0.1, 0.15) is 26.4 Å². The summed E-state index contributed by atoms with van der Waals surface area (Å²) in [4.78, 5) is 51.3. The number of piperazine rings is 1. The maximum absolute atomic E-state index is 13.4. The van der Waals surface area contributed by atoms with E-state index in [-0.39, 0.29) is 24.7 Å². The Balaban J connectivity index is 1.35. The van der Waals surface area contributed by atoms with Gasteiger partial charge in [-0.3, -0.25) is 19.0 Å². The number of aryl methyl sites for hydroxylation is 2. The fourth-order valence-electron chi connectivity index (χ4n) is 4.35. The lowest BCUT2D eigenvalue weighted by Crippen LogP contribution is -2.51. The van der Waals surface area contributed by atoms with Crippen LogP contribution in [-0.4, -0.2) is 62.3 Å². The predicted octanol–water partition coefficient (Wildman–Crippen LogP) is 2.77. The Hall–Kier alpha value is -4.40. The summed E-state index contributed by atoms with van der Waals surface area (Å²) in [6, 6.07) is 18.6. The standard InChI is InChI=1S/C27H24FN5O3/c28-21-10-8-20(9-11-21)25(34)31-15-17-32(18-16-31)26(35)23-27(36)33(14-12-19-5-2-1-3-6-19)24-22(30-23)7-4-13-29-24/h1-11,13H,12,14-18H2. The van der Waals surface area contributed by atoms with Crippen LogP contribution < -0.4 is 5.56 Å². The molecule has 0 saturated carbocycles. The van der Waals surface area contributed by atoms with E-state index >= 15 is 0 Å². The third kappa shape index (κ3) is 4.72. The van der Waals surface area contributed by atoms with Crippen LogP contribution in [0.2, 0.25) is 0 Å². The molecule has 8 nitrogen and oxygen atoms in total. The van der Waals surface area contributed by atoms with Gasteiger partial charge in [-0.15, -0.1) is 0 Å². The third-order valence-corrected chi connectivity index (χ3v) is 6.32. The van der Waals surface area contributed by atoms with E-state index in [9.17, 15) is 18.8 Å². The molecule has 0 radical (unpaired) electrons. The van der Waals surface area contributed by atoms with Gasteiger partial charge in [-0.25, -0.2) is 14.4 Å². The smallest absolute Gasteiger partial charge is 0.283 e. The molecule has 2 aromatic carbocycles. The van der Waals surface area contributed by atoms with Crippen molar-refractivity contribution in [2.45, 2.75) is 13.0 Å². The number of fused-ring (bicyclic) bond motifs is 1. The fraction of sp³-hybridized carbons (Fsp3) is 0.222. The van der Waals surface area contributed by atoms with Crippen LogP contribution in [-0.2, 0) is 13.0 Å². The minimum Gasteiger partial charge on any atom is -0.335 e. The van der Waals surface area contributed by atoms with Gasteiger partial charge in [-0.1, -0.05) is 30.3 Å². The molecule has 3 heterocycles. The number of carbonyl (C=O) groups excluding carboxylic acids is 2. The maximum Gasteiger partial charge on any atom is 0.283 e. The molecule has 5 rings (SSSR count). The molecule has 0 spiro atoms. The Kier molecular flexibility index (Phi) is 6.53. The van der Waals surface area contributed by atoms with Crippen molar-refractivity contribution in [3.05, 3.63) is 106 Å². The second-order valence-corrected chi connectivity index (χ2v) is 8.59. The molecular formula is C27H24FN5O3. The monoisotopic (exact) mass is 485 g/mol. The van der Waals surface area contributed by atoms with Gasteiger partial charge in [0.15, 0.2) is 11.3 Å². The lowest BCUT2D eigenvalue weighted by molar-refractivity contribution is 0.0531. The summed E-state index contributed by atoms with van der Waals surface area (Å²) in [5.41, 5.74) is 1.73. The first-order valence-corrected chi connectivity index (χ1v) is 11.7. The Bertz CT molecular complexity index is 1460. The van der Waals surface area contributed by atoms with Gasteiger partial charge >= 0.3 is 0 Å². The van der Waals surface area contributed by atoms with E-state index in [0.717, 1.165) is 5.56 Å². The lowest BCUT2D eigenvalue weighted by atomic mass is 10.1. The average Bonchev–Trinajstić information content (AvgIpc) is 2.92. The summed E-state index contributed by atoms with van der Waals surface area (Å²) < 4.78 is 14.7. The average molecular weight is 486 g/mol. The van der Waals surface area contributed by atoms with Crippen LogP contribution in [0.15, 0.2) is 77.7 Å². The quantitative estimate of drug-likeness (QED) is 0.434. The number of rotatable bonds is 5. The number of halogens is 1. The van der Waals surface area contributed by atoms with Gasteiger partial charge in [0.2, 0.25) is 0 Å².